The van der Waals surface area contributed by atoms with Gasteiger partial charge < -0.3 is 10.6 Å². The molecular weight excluding hydrogens is 216 g/mol. The summed E-state index contributed by atoms with van der Waals surface area (Å²) < 4.78 is 0. The molecule has 0 radical (unpaired) electrons. The Hall–Kier alpha value is -1.31. The summed E-state index contributed by atoms with van der Waals surface area (Å²) in [7, 11) is 0. The number of hydrogen-bond acceptors (Lipinski definition) is 7. The summed E-state index contributed by atoms with van der Waals surface area (Å²) in [6.07, 6.45) is 1.84. The molecule has 0 fully saturated rings. The van der Waals surface area contributed by atoms with Gasteiger partial charge in [-0.05, 0) is 12.1 Å². The molecule has 0 aliphatic rings. The summed E-state index contributed by atoms with van der Waals surface area (Å²) in [6.45, 7) is 0. The van der Waals surface area contributed by atoms with Crippen molar-refractivity contribution in [2.75, 3.05) is 11.5 Å². The average molecular weight is 228 g/mol. The van der Waals surface area contributed by atoms with Gasteiger partial charge in [-0.1, -0.05) is 5.59 Å². The highest BCUT2D eigenvalue weighted by atomic mass is 32.2. The molecule has 0 aliphatic carbocycles. The standard InChI is InChI=1S/C8H12N4O2S/c9-6-1-2-7(11-5-6)15-4-3-8(13)14-12-10/h1-2,5,12H,3-4,9-10H2. The van der Waals surface area contributed by atoms with Crippen LogP contribution in [0.25, 0.3) is 0 Å². The van der Waals surface area contributed by atoms with Crippen LogP contribution in [0.2, 0.25) is 0 Å². The number of thioether (sulfide) groups is 1. The van der Waals surface area contributed by atoms with E-state index in [2.05, 4.69) is 9.82 Å². The van der Waals surface area contributed by atoms with Crippen LogP contribution in [0.5, 0.6) is 0 Å². The van der Waals surface area contributed by atoms with Gasteiger partial charge >= 0.3 is 5.97 Å². The number of nitrogens with two attached hydrogens (primary N) is 2. The molecule has 1 aromatic rings. The molecule has 0 atom stereocenters. The van der Waals surface area contributed by atoms with Gasteiger partial charge in [-0.3, -0.25) is 4.79 Å². The second-order valence-corrected chi connectivity index (χ2v) is 3.74. The van der Waals surface area contributed by atoms with Crippen molar-refractivity contribution in [2.45, 2.75) is 11.4 Å². The number of nitrogens with one attached hydrogen (secondary N) is 1. The van der Waals surface area contributed by atoms with Crippen LogP contribution in [0.1, 0.15) is 6.42 Å². The number of pyridine rings is 1. The molecule has 0 saturated heterocycles. The fourth-order valence-electron chi connectivity index (χ4n) is 0.833. The van der Waals surface area contributed by atoms with Crippen LogP contribution in [0.3, 0.4) is 0 Å². The summed E-state index contributed by atoms with van der Waals surface area (Å²) in [5.41, 5.74) is 7.92. The quantitative estimate of drug-likeness (QED) is 0.372. The number of anilines is 1. The molecular formula is C8H12N4O2S. The number of hydrazine groups is 1. The first-order valence-electron chi connectivity index (χ1n) is 4.22. The van der Waals surface area contributed by atoms with Crippen molar-refractivity contribution in [2.24, 2.45) is 5.84 Å². The summed E-state index contributed by atoms with van der Waals surface area (Å²) in [6, 6.07) is 3.56. The van der Waals surface area contributed by atoms with Crippen LogP contribution in [0.4, 0.5) is 5.69 Å². The number of nitrogens with zero attached hydrogens (tertiary/aromatic N) is 1. The van der Waals surface area contributed by atoms with E-state index in [1.807, 2.05) is 5.59 Å². The van der Waals surface area contributed by atoms with Crippen LogP contribution in [-0.4, -0.2) is 16.7 Å². The SMILES string of the molecule is NNOC(=O)CCSc1ccc(N)cn1. The van der Waals surface area contributed by atoms with Crippen LogP contribution < -0.4 is 17.2 Å². The third-order valence-electron chi connectivity index (χ3n) is 1.49. The highest BCUT2D eigenvalue weighted by Crippen LogP contribution is 2.16. The van der Waals surface area contributed by atoms with Gasteiger partial charge in [0.05, 0.1) is 23.3 Å². The van der Waals surface area contributed by atoms with E-state index >= 15 is 0 Å². The van der Waals surface area contributed by atoms with Crippen molar-refractivity contribution in [3.8, 4) is 0 Å². The fourth-order valence-corrected chi connectivity index (χ4v) is 1.60. The topological polar surface area (TPSA) is 103 Å². The van der Waals surface area contributed by atoms with E-state index in [0.29, 0.717) is 11.4 Å². The Morgan fingerprint density at radius 3 is 3.00 bits per heavy atom. The minimum absolute atomic E-state index is 0.265. The zero-order valence-electron chi connectivity index (χ0n) is 7.97. The maximum absolute atomic E-state index is 10.9. The lowest BCUT2D eigenvalue weighted by Gasteiger charge is -2.01. The first-order valence-corrected chi connectivity index (χ1v) is 5.20. The predicted octanol–water partition coefficient (Wildman–Crippen LogP) is 0.0675. The van der Waals surface area contributed by atoms with Crippen LogP contribution in [0, 0.1) is 0 Å². The molecule has 5 N–H and O–H groups in total. The average Bonchev–Trinajstić information content (AvgIpc) is 2.21. The summed E-state index contributed by atoms with van der Waals surface area (Å²) in [5, 5.41) is 0.817. The van der Waals surface area contributed by atoms with Gasteiger partial charge in [-0.25, -0.2) is 10.8 Å². The number of nitrogen functional groups attached to an aromatic ring is 1. The smallest absolute Gasteiger partial charge is 0.327 e. The fraction of sp³-hybridized carbons (Fsp3) is 0.250. The Morgan fingerprint density at radius 1 is 1.60 bits per heavy atom. The predicted molar refractivity (Wildman–Crippen MR) is 57.4 cm³/mol. The van der Waals surface area contributed by atoms with Crippen molar-refractivity contribution >= 4 is 23.4 Å². The Morgan fingerprint density at radius 2 is 2.40 bits per heavy atom. The van der Waals surface area contributed by atoms with Gasteiger partial charge in [-0.15, -0.1) is 11.8 Å². The number of hydrogen-bond donors (Lipinski definition) is 3. The van der Waals surface area contributed by atoms with Crippen LogP contribution in [0.15, 0.2) is 23.4 Å². The highest BCUT2D eigenvalue weighted by molar-refractivity contribution is 7.99. The van der Waals surface area contributed by atoms with Crippen molar-refractivity contribution in [3.63, 3.8) is 0 Å². The summed E-state index contributed by atoms with van der Waals surface area (Å²) >= 11 is 1.45. The zero-order chi connectivity index (χ0) is 11.1. The molecule has 82 valence electrons. The molecule has 7 heteroatoms. The van der Waals surface area contributed by atoms with Crippen LogP contribution >= 0.6 is 11.8 Å². The Kier molecular flexibility index (Phi) is 4.88. The molecule has 0 spiro atoms. The molecule has 1 rings (SSSR count). The van der Waals surface area contributed by atoms with E-state index in [1.165, 1.54) is 11.8 Å². The Balaban J connectivity index is 2.26. The summed E-state index contributed by atoms with van der Waals surface area (Å²) in [4.78, 5) is 19.3. The normalized spacial score (nSPS) is 9.93. The lowest BCUT2D eigenvalue weighted by Crippen LogP contribution is -2.26. The molecule has 1 heterocycles. The van der Waals surface area contributed by atoms with Gasteiger partial charge in [0.15, 0.2) is 0 Å². The van der Waals surface area contributed by atoms with E-state index < -0.39 is 5.97 Å². The molecule has 0 aliphatic heterocycles. The lowest BCUT2D eigenvalue weighted by atomic mass is 10.4. The van der Waals surface area contributed by atoms with Crippen LogP contribution in [-0.2, 0) is 9.63 Å². The van der Waals surface area contributed by atoms with Gasteiger partial charge in [0, 0.05) is 5.75 Å². The number of aromatic nitrogens is 1. The molecule has 0 aromatic carbocycles. The lowest BCUT2D eigenvalue weighted by molar-refractivity contribution is -0.150. The Labute approximate surface area is 91.3 Å². The van der Waals surface area contributed by atoms with E-state index in [1.54, 1.807) is 18.3 Å². The second-order valence-electron chi connectivity index (χ2n) is 2.62. The molecule has 1 aromatic heterocycles. The zero-order valence-corrected chi connectivity index (χ0v) is 8.79. The second kappa shape index (κ2) is 6.23. The van der Waals surface area contributed by atoms with E-state index in [0.717, 1.165) is 5.03 Å². The van der Waals surface area contributed by atoms with Crippen molar-refractivity contribution in [1.82, 2.24) is 10.6 Å². The molecule has 15 heavy (non-hydrogen) atoms. The summed E-state index contributed by atoms with van der Waals surface area (Å²) in [5.74, 6) is 4.98. The number of carbonyl (C=O) groups is 1. The minimum atomic E-state index is -0.402. The molecule has 0 bridgehead atoms. The van der Waals surface area contributed by atoms with E-state index in [4.69, 9.17) is 11.6 Å². The minimum Gasteiger partial charge on any atom is -0.397 e. The van der Waals surface area contributed by atoms with Gasteiger partial charge in [0.1, 0.15) is 0 Å². The number of rotatable bonds is 5. The van der Waals surface area contributed by atoms with E-state index in [9.17, 15) is 4.79 Å². The maximum atomic E-state index is 10.9. The monoisotopic (exact) mass is 228 g/mol. The first kappa shape index (κ1) is 11.8. The van der Waals surface area contributed by atoms with Gasteiger partial charge in [-0.2, -0.15) is 0 Å². The Bertz CT molecular complexity index is 317. The highest BCUT2D eigenvalue weighted by Gasteiger charge is 2.03. The molecule has 0 saturated carbocycles. The maximum Gasteiger partial charge on any atom is 0.327 e. The van der Waals surface area contributed by atoms with Crippen molar-refractivity contribution in [3.05, 3.63) is 18.3 Å². The molecule has 0 unspecified atom stereocenters. The third-order valence-corrected chi connectivity index (χ3v) is 2.43. The largest absolute Gasteiger partial charge is 0.397 e. The molecule has 0 amide bonds. The number of carbonyl (C=O) groups excluding carboxylic acids is 1. The van der Waals surface area contributed by atoms with E-state index in [-0.39, 0.29) is 6.42 Å². The molecule has 6 nitrogen and oxygen atoms in total. The van der Waals surface area contributed by atoms with Crippen molar-refractivity contribution < 1.29 is 9.63 Å². The van der Waals surface area contributed by atoms with Gasteiger partial charge in [0.25, 0.3) is 0 Å². The third kappa shape index (κ3) is 4.63. The van der Waals surface area contributed by atoms with Crippen molar-refractivity contribution in [1.29, 1.82) is 0 Å². The van der Waals surface area contributed by atoms with Gasteiger partial charge in [0.2, 0.25) is 0 Å². The first-order chi connectivity index (χ1) is 7.22.